The molecule has 98 valence electrons. The highest BCUT2D eigenvalue weighted by Crippen LogP contribution is 2.28. The van der Waals surface area contributed by atoms with Crippen LogP contribution in [0.25, 0.3) is 5.57 Å². The Morgan fingerprint density at radius 3 is 2.94 bits per heavy atom. The number of unbranched alkanes of at least 4 members (excludes halogenated alkanes) is 1. The van der Waals surface area contributed by atoms with E-state index in [1.165, 1.54) is 5.57 Å². The Bertz CT molecular complexity index is 430. The molecule has 0 atom stereocenters. The summed E-state index contributed by atoms with van der Waals surface area (Å²) in [5.41, 5.74) is 9.02. The SMILES string of the molecule is CCCC/C(=C\CNC=O)c1cc(Br)ccc1N. The first-order chi connectivity index (χ1) is 8.69. The fraction of sp³-hybridized carbons (Fsp3) is 0.357. The van der Waals surface area contributed by atoms with Gasteiger partial charge in [-0.15, -0.1) is 0 Å². The minimum absolute atomic E-state index is 0.536. The minimum atomic E-state index is 0.536. The number of carbonyl (C=O) groups excluding carboxylic acids is 1. The quantitative estimate of drug-likeness (QED) is 0.461. The zero-order valence-electron chi connectivity index (χ0n) is 10.6. The van der Waals surface area contributed by atoms with Crippen molar-refractivity contribution in [2.24, 2.45) is 0 Å². The fourth-order valence-corrected chi connectivity index (χ4v) is 2.11. The van der Waals surface area contributed by atoms with Crippen molar-refractivity contribution in [1.29, 1.82) is 0 Å². The largest absolute Gasteiger partial charge is 0.398 e. The normalized spacial score (nSPS) is 11.3. The summed E-state index contributed by atoms with van der Waals surface area (Å²) in [6, 6.07) is 5.85. The van der Waals surface area contributed by atoms with Crippen LogP contribution in [0.4, 0.5) is 5.69 Å². The summed E-state index contributed by atoms with van der Waals surface area (Å²) in [5.74, 6) is 0. The summed E-state index contributed by atoms with van der Waals surface area (Å²) in [7, 11) is 0. The molecule has 1 rings (SSSR count). The van der Waals surface area contributed by atoms with E-state index in [4.69, 9.17) is 5.73 Å². The van der Waals surface area contributed by atoms with E-state index >= 15 is 0 Å². The molecule has 0 saturated carbocycles. The molecule has 4 heteroatoms. The first-order valence-corrected chi connectivity index (χ1v) is 6.89. The molecule has 0 fully saturated rings. The molecule has 0 unspecified atom stereocenters. The van der Waals surface area contributed by atoms with Crippen LogP contribution in [0.15, 0.2) is 28.7 Å². The Kier molecular flexibility index (Phi) is 6.50. The highest BCUT2D eigenvalue weighted by molar-refractivity contribution is 9.10. The monoisotopic (exact) mass is 310 g/mol. The second-order valence-electron chi connectivity index (χ2n) is 4.09. The van der Waals surface area contributed by atoms with Crippen LogP contribution in [0.3, 0.4) is 0 Å². The number of halogens is 1. The maximum absolute atomic E-state index is 10.3. The summed E-state index contributed by atoms with van der Waals surface area (Å²) < 4.78 is 1.01. The number of hydrogen-bond donors (Lipinski definition) is 2. The molecule has 1 aromatic rings. The Morgan fingerprint density at radius 2 is 2.28 bits per heavy atom. The molecular weight excluding hydrogens is 292 g/mol. The lowest BCUT2D eigenvalue weighted by atomic mass is 9.98. The first kappa shape index (κ1) is 14.8. The van der Waals surface area contributed by atoms with Crippen LogP contribution in [0, 0.1) is 0 Å². The number of allylic oxidation sites excluding steroid dienone is 1. The number of rotatable bonds is 7. The van der Waals surface area contributed by atoms with E-state index in [1.807, 2.05) is 24.3 Å². The Labute approximate surface area is 117 Å². The first-order valence-electron chi connectivity index (χ1n) is 6.10. The summed E-state index contributed by atoms with van der Waals surface area (Å²) in [6.07, 6.45) is 5.95. The summed E-state index contributed by atoms with van der Waals surface area (Å²) in [4.78, 5) is 10.3. The van der Waals surface area contributed by atoms with Gasteiger partial charge in [0.25, 0.3) is 0 Å². The van der Waals surface area contributed by atoms with Crippen molar-refractivity contribution >= 4 is 33.6 Å². The van der Waals surface area contributed by atoms with Crippen molar-refractivity contribution in [1.82, 2.24) is 5.32 Å². The number of hydrogen-bond acceptors (Lipinski definition) is 2. The van der Waals surface area contributed by atoms with E-state index in [-0.39, 0.29) is 0 Å². The van der Waals surface area contributed by atoms with E-state index in [2.05, 4.69) is 28.2 Å². The molecular formula is C14H19BrN2O. The number of carbonyl (C=O) groups is 1. The molecule has 0 aromatic heterocycles. The molecule has 0 aliphatic rings. The van der Waals surface area contributed by atoms with Crippen molar-refractivity contribution < 1.29 is 4.79 Å². The molecule has 0 bridgehead atoms. The van der Waals surface area contributed by atoms with Gasteiger partial charge in [-0.3, -0.25) is 4.79 Å². The van der Waals surface area contributed by atoms with E-state index in [0.29, 0.717) is 13.0 Å². The Balaban J connectivity index is 2.96. The molecule has 3 N–H and O–H groups in total. The second-order valence-corrected chi connectivity index (χ2v) is 5.01. The summed E-state index contributed by atoms with van der Waals surface area (Å²) in [5, 5.41) is 2.65. The minimum Gasteiger partial charge on any atom is -0.398 e. The van der Waals surface area contributed by atoms with E-state index in [9.17, 15) is 4.79 Å². The third-order valence-corrected chi connectivity index (χ3v) is 3.20. The molecule has 0 aliphatic heterocycles. The van der Waals surface area contributed by atoms with Gasteiger partial charge in [-0.25, -0.2) is 0 Å². The van der Waals surface area contributed by atoms with Gasteiger partial charge in [0, 0.05) is 22.3 Å². The maximum Gasteiger partial charge on any atom is 0.207 e. The van der Waals surface area contributed by atoms with Gasteiger partial charge in [0.05, 0.1) is 0 Å². The molecule has 1 amide bonds. The zero-order chi connectivity index (χ0) is 13.4. The predicted molar refractivity (Wildman–Crippen MR) is 80.1 cm³/mol. The third kappa shape index (κ3) is 4.53. The predicted octanol–water partition coefficient (Wildman–Crippen LogP) is 3.35. The van der Waals surface area contributed by atoms with Gasteiger partial charge in [0.1, 0.15) is 0 Å². The number of benzene rings is 1. The number of nitrogen functional groups attached to an aromatic ring is 1. The number of nitrogens with one attached hydrogen (secondary N) is 1. The van der Waals surface area contributed by atoms with Crippen molar-refractivity contribution in [2.75, 3.05) is 12.3 Å². The molecule has 0 spiro atoms. The fourth-order valence-electron chi connectivity index (χ4n) is 1.75. The van der Waals surface area contributed by atoms with Gasteiger partial charge < -0.3 is 11.1 Å². The topological polar surface area (TPSA) is 55.1 Å². The van der Waals surface area contributed by atoms with Crippen LogP contribution >= 0.6 is 15.9 Å². The average molecular weight is 311 g/mol. The molecule has 0 heterocycles. The summed E-state index contributed by atoms with van der Waals surface area (Å²) >= 11 is 3.46. The van der Waals surface area contributed by atoms with Crippen LogP contribution in [0.1, 0.15) is 31.7 Å². The average Bonchev–Trinajstić information content (AvgIpc) is 2.37. The Morgan fingerprint density at radius 1 is 1.50 bits per heavy atom. The van der Waals surface area contributed by atoms with Crippen LogP contribution < -0.4 is 11.1 Å². The van der Waals surface area contributed by atoms with Crippen LogP contribution in [0.2, 0.25) is 0 Å². The van der Waals surface area contributed by atoms with E-state index < -0.39 is 0 Å². The van der Waals surface area contributed by atoms with Gasteiger partial charge in [-0.05, 0) is 36.6 Å². The van der Waals surface area contributed by atoms with Crippen LogP contribution in [-0.2, 0) is 4.79 Å². The van der Waals surface area contributed by atoms with Gasteiger partial charge in [0.15, 0.2) is 0 Å². The molecule has 0 radical (unpaired) electrons. The van der Waals surface area contributed by atoms with Crippen LogP contribution in [0.5, 0.6) is 0 Å². The van der Waals surface area contributed by atoms with Crippen molar-refractivity contribution in [3.63, 3.8) is 0 Å². The number of nitrogens with two attached hydrogens (primary N) is 1. The molecule has 0 aliphatic carbocycles. The lowest BCUT2D eigenvalue weighted by Gasteiger charge is -2.11. The van der Waals surface area contributed by atoms with Gasteiger partial charge in [0.2, 0.25) is 6.41 Å². The zero-order valence-corrected chi connectivity index (χ0v) is 12.2. The lowest BCUT2D eigenvalue weighted by molar-refractivity contribution is -0.109. The smallest absolute Gasteiger partial charge is 0.207 e. The van der Waals surface area contributed by atoms with E-state index in [1.54, 1.807) is 0 Å². The second kappa shape index (κ2) is 7.93. The number of anilines is 1. The Hall–Kier alpha value is -1.29. The molecule has 1 aromatic carbocycles. The molecule has 18 heavy (non-hydrogen) atoms. The molecule has 0 saturated heterocycles. The van der Waals surface area contributed by atoms with Gasteiger partial charge in [-0.1, -0.05) is 35.4 Å². The maximum atomic E-state index is 10.3. The summed E-state index contributed by atoms with van der Waals surface area (Å²) in [6.45, 7) is 2.69. The highest BCUT2D eigenvalue weighted by Gasteiger charge is 2.06. The molecule has 3 nitrogen and oxygen atoms in total. The third-order valence-electron chi connectivity index (χ3n) is 2.71. The lowest BCUT2D eigenvalue weighted by Crippen LogP contribution is -2.10. The standard InChI is InChI=1S/C14H19BrN2O/c1-2-3-4-11(7-8-17-10-18)13-9-12(15)5-6-14(13)16/h5-7,9-10H,2-4,8,16H2,1H3,(H,17,18)/b11-7+. The number of amides is 1. The van der Waals surface area contributed by atoms with Crippen molar-refractivity contribution in [3.05, 3.63) is 34.3 Å². The van der Waals surface area contributed by atoms with Crippen molar-refractivity contribution in [2.45, 2.75) is 26.2 Å². The highest BCUT2D eigenvalue weighted by atomic mass is 79.9. The van der Waals surface area contributed by atoms with Gasteiger partial charge in [-0.2, -0.15) is 0 Å². The van der Waals surface area contributed by atoms with Gasteiger partial charge >= 0.3 is 0 Å². The van der Waals surface area contributed by atoms with E-state index in [0.717, 1.165) is 35.0 Å². The van der Waals surface area contributed by atoms with Crippen LogP contribution in [-0.4, -0.2) is 13.0 Å². The van der Waals surface area contributed by atoms with Crippen molar-refractivity contribution in [3.8, 4) is 0 Å².